The van der Waals surface area contributed by atoms with Crippen molar-refractivity contribution in [2.75, 3.05) is 18.4 Å². The van der Waals surface area contributed by atoms with Gasteiger partial charge >= 0.3 is 0 Å². The lowest BCUT2D eigenvalue weighted by Crippen LogP contribution is -2.31. The zero-order valence-corrected chi connectivity index (χ0v) is 15.1. The average Bonchev–Trinajstić information content (AvgIpc) is 3.55. The Bertz CT molecular complexity index is 739. The molecule has 4 nitrogen and oxygen atoms in total. The Morgan fingerprint density at radius 3 is 2.46 bits per heavy atom. The molecule has 0 aromatic heterocycles. The molecule has 2 saturated carbocycles. The molecule has 26 heavy (non-hydrogen) atoms. The van der Waals surface area contributed by atoms with E-state index in [-0.39, 0.29) is 5.91 Å². The molecule has 136 valence electrons. The van der Waals surface area contributed by atoms with Crippen LogP contribution in [-0.2, 0) is 4.79 Å². The summed E-state index contributed by atoms with van der Waals surface area (Å²) in [7, 11) is 0. The molecule has 0 bridgehead atoms. The number of ether oxygens (including phenoxy) is 1. The van der Waals surface area contributed by atoms with Gasteiger partial charge in [-0.05, 0) is 55.9 Å². The van der Waals surface area contributed by atoms with Gasteiger partial charge in [0, 0.05) is 25.6 Å². The molecule has 2 aromatic rings. The number of carbonyl (C=O) groups excluding carboxylic acids is 1. The molecule has 0 saturated heterocycles. The highest BCUT2D eigenvalue weighted by Gasteiger charge is 2.33. The Balaban J connectivity index is 1.33. The maximum Gasteiger partial charge on any atom is 0.225 e. The zero-order chi connectivity index (χ0) is 17.8. The van der Waals surface area contributed by atoms with E-state index in [0.29, 0.717) is 12.2 Å². The van der Waals surface area contributed by atoms with E-state index < -0.39 is 0 Å². The van der Waals surface area contributed by atoms with Gasteiger partial charge in [0.05, 0.1) is 5.69 Å². The van der Waals surface area contributed by atoms with Crippen molar-refractivity contribution in [3.63, 3.8) is 0 Å². The van der Waals surface area contributed by atoms with Gasteiger partial charge in [0.2, 0.25) is 5.91 Å². The molecule has 0 aliphatic heterocycles. The monoisotopic (exact) mass is 350 g/mol. The van der Waals surface area contributed by atoms with Crippen molar-refractivity contribution in [3.05, 3.63) is 54.6 Å². The van der Waals surface area contributed by atoms with E-state index in [1.54, 1.807) is 0 Å². The maximum atomic E-state index is 12.5. The molecule has 0 radical (unpaired) electrons. The number of carbonyl (C=O) groups is 1. The quantitative estimate of drug-likeness (QED) is 0.714. The molecule has 4 rings (SSSR count). The molecular weight excluding hydrogens is 324 g/mol. The molecule has 0 unspecified atom stereocenters. The number of anilines is 1. The van der Waals surface area contributed by atoms with Crippen molar-refractivity contribution in [2.45, 2.75) is 38.1 Å². The predicted molar refractivity (Wildman–Crippen MR) is 104 cm³/mol. The lowest BCUT2D eigenvalue weighted by Gasteiger charge is -2.21. The molecule has 2 aliphatic rings. The summed E-state index contributed by atoms with van der Waals surface area (Å²) in [4.78, 5) is 15.0. The van der Waals surface area contributed by atoms with E-state index in [4.69, 9.17) is 4.74 Å². The van der Waals surface area contributed by atoms with Crippen LogP contribution in [0.5, 0.6) is 11.5 Å². The number of rotatable bonds is 9. The van der Waals surface area contributed by atoms with Crippen molar-refractivity contribution < 1.29 is 9.53 Å². The van der Waals surface area contributed by atoms with Crippen LogP contribution < -0.4 is 10.1 Å². The van der Waals surface area contributed by atoms with Gasteiger partial charge < -0.3 is 10.1 Å². The minimum Gasteiger partial charge on any atom is -0.455 e. The summed E-state index contributed by atoms with van der Waals surface area (Å²) in [6.07, 6.45) is 5.84. The first kappa shape index (κ1) is 17.1. The second kappa shape index (κ2) is 7.92. The fourth-order valence-corrected chi connectivity index (χ4v) is 3.23. The van der Waals surface area contributed by atoms with E-state index in [0.717, 1.165) is 29.9 Å². The fourth-order valence-electron chi connectivity index (χ4n) is 3.23. The zero-order valence-electron chi connectivity index (χ0n) is 15.1. The number of amides is 1. The third kappa shape index (κ3) is 4.85. The van der Waals surface area contributed by atoms with Crippen molar-refractivity contribution in [2.24, 2.45) is 5.92 Å². The topological polar surface area (TPSA) is 41.6 Å². The highest BCUT2D eigenvalue weighted by Crippen LogP contribution is 2.35. The molecule has 2 aliphatic carbocycles. The number of hydrogen-bond acceptors (Lipinski definition) is 3. The van der Waals surface area contributed by atoms with Crippen molar-refractivity contribution >= 4 is 11.6 Å². The van der Waals surface area contributed by atoms with Crippen LogP contribution in [0.1, 0.15) is 32.1 Å². The van der Waals surface area contributed by atoms with Crippen LogP contribution in [0, 0.1) is 5.92 Å². The van der Waals surface area contributed by atoms with Crippen LogP contribution in [0.4, 0.5) is 5.69 Å². The highest BCUT2D eigenvalue weighted by molar-refractivity contribution is 5.92. The normalized spacial score (nSPS) is 16.5. The smallest absolute Gasteiger partial charge is 0.225 e. The van der Waals surface area contributed by atoms with Gasteiger partial charge in [-0.25, -0.2) is 0 Å². The highest BCUT2D eigenvalue weighted by atomic mass is 16.5. The molecule has 2 fully saturated rings. The largest absolute Gasteiger partial charge is 0.455 e. The summed E-state index contributed by atoms with van der Waals surface area (Å²) in [5.41, 5.74) is 0.724. The Morgan fingerprint density at radius 2 is 1.73 bits per heavy atom. The van der Waals surface area contributed by atoms with Crippen LogP contribution in [-0.4, -0.2) is 29.9 Å². The van der Waals surface area contributed by atoms with Crippen LogP contribution in [0.3, 0.4) is 0 Å². The third-order valence-corrected chi connectivity index (χ3v) is 5.01. The summed E-state index contributed by atoms with van der Waals surface area (Å²) in [6.45, 7) is 2.03. The van der Waals surface area contributed by atoms with Crippen molar-refractivity contribution in [1.29, 1.82) is 0 Å². The lowest BCUT2D eigenvalue weighted by atomic mass is 10.2. The van der Waals surface area contributed by atoms with E-state index in [9.17, 15) is 4.79 Å². The molecule has 4 heteroatoms. The van der Waals surface area contributed by atoms with Gasteiger partial charge in [-0.2, -0.15) is 0 Å². The molecule has 1 N–H and O–H groups in total. The number of benzene rings is 2. The first-order chi connectivity index (χ1) is 12.8. The first-order valence-corrected chi connectivity index (χ1v) is 9.64. The van der Waals surface area contributed by atoms with Gasteiger partial charge in [-0.1, -0.05) is 30.3 Å². The second-order valence-corrected chi connectivity index (χ2v) is 7.38. The molecule has 0 spiro atoms. The van der Waals surface area contributed by atoms with Gasteiger partial charge in [-0.3, -0.25) is 9.69 Å². The Labute approximate surface area is 155 Å². The molecule has 0 atom stereocenters. The van der Waals surface area contributed by atoms with Gasteiger partial charge in [0.1, 0.15) is 5.75 Å². The molecule has 2 aromatic carbocycles. The van der Waals surface area contributed by atoms with Gasteiger partial charge in [-0.15, -0.1) is 0 Å². The maximum absolute atomic E-state index is 12.5. The summed E-state index contributed by atoms with van der Waals surface area (Å²) >= 11 is 0. The third-order valence-electron chi connectivity index (χ3n) is 5.01. The average molecular weight is 350 g/mol. The Morgan fingerprint density at radius 1 is 1.00 bits per heavy atom. The van der Waals surface area contributed by atoms with Crippen LogP contribution in [0.25, 0.3) is 0 Å². The van der Waals surface area contributed by atoms with Crippen LogP contribution in [0.2, 0.25) is 0 Å². The Kier molecular flexibility index (Phi) is 5.21. The van der Waals surface area contributed by atoms with Crippen molar-refractivity contribution in [3.8, 4) is 11.5 Å². The standard InChI is InChI=1S/C22H26N2O2/c25-22(14-15-24(18-12-13-18)16-17-10-11-17)23-20-8-4-5-9-21(20)26-19-6-2-1-3-7-19/h1-9,17-18H,10-16H2,(H,23,25). The number of nitrogens with zero attached hydrogens (tertiary/aromatic N) is 1. The van der Waals surface area contributed by atoms with E-state index >= 15 is 0 Å². The molecule has 1 amide bonds. The van der Waals surface area contributed by atoms with Crippen LogP contribution in [0.15, 0.2) is 54.6 Å². The van der Waals surface area contributed by atoms with Crippen molar-refractivity contribution in [1.82, 2.24) is 4.90 Å². The number of para-hydroxylation sites is 3. The SMILES string of the molecule is O=C(CCN(CC1CC1)C1CC1)Nc1ccccc1Oc1ccccc1. The minimum atomic E-state index is 0.0514. The van der Waals surface area contributed by atoms with E-state index in [1.807, 2.05) is 54.6 Å². The molecular formula is C22H26N2O2. The summed E-state index contributed by atoms with van der Waals surface area (Å²) in [6, 6.07) is 17.9. The van der Waals surface area contributed by atoms with E-state index in [2.05, 4.69) is 10.2 Å². The second-order valence-electron chi connectivity index (χ2n) is 7.38. The first-order valence-electron chi connectivity index (χ1n) is 9.64. The summed E-state index contributed by atoms with van der Waals surface area (Å²) in [5, 5.41) is 3.02. The van der Waals surface area contributed by atoms with Crippen LogP contribution >= 0.6 is 0 Å². The summed E-state index contributed by atoms with van der Waals surface area (Å²) in [5.74, 6) is 2.36. The Hall–Kier alpha value is -2.33. The molecule has 0 heterocycles. The number of nitrogens with one attached hydrogen (secondary N) is 1. The van der Waals surface area contributed by atoms with Gasteiger partial charge in [0.25, 0.3) is 0 Å². The summed E-state index contributed by atoms with van der Waals surface area (Å²) < 4.78 is 5.92. The van der Waals surface area contributed by atoms with Gasteiger partial charge in [0.15, 0.2) is 5.75 Å². The minimum absolute atomic E-state index is 0.0514. The lowest BCUT2D eigenvalue weighted by molar-refractivity contribution is -0.116. The number of hydrogen-bond donors (Lipinski definition) is 1. The van der Waals surface area contributed by atoms with E-state index in [1.165, 1.54) is 32.2 Å². The predicted octanol–water partition coefficient (Wildman–Crippen LogP) is 4.68. The fraction of sp³-hybridized carbons (Fsp3) is 0.409.